The Morgan fingerprint density at radius 3 is 2.84 bits per heavy atom. The zero-order valence-corrected chi connectivity index (χ0v) is 17.8. The number of nitrogens with one attached hydrogen (secondary N) is 1. The Labute approximate surface area is 169 Å². The van der Waals surface area contributed by atoms with E-state index in [1.54, 1.807) is 17.4 Å². The van der Waals surface area contributed by atoms with Crippen LogP contribution in [0.5, 0.6) is 0 Å². The molecule has 1 saturated carbocycles. The predicted molar refractivity (Wildman–Crippen MR) is 112 cm³/mol. The third-order valence-corrected chi connectivity index (χ3v) is 4.97. The van der Waals surface area contributed by atoms with Crippen LogP contribution in [-0.2, 0) is 6.54 Å². The van der Waals surface area contributed by atoms with Gasteiger partial charge in [-0.15, -0.1) is 35.3 Å². The second-order valence-electron chi connectivity index (χ2n) is 6.13. The maximum Gasteiger partial charge on any atom is 0.194 e. The highest BCUT2D eigenvalue weighted by molar-refractivity contribution is 14.0. The van der Waals surface area contributed by atoms with Gasteiger partial charge in [-0.1, -0.05) is 18.2 Å². The molecule has 1 heterocycles. The minimum Gasteiger partial charge on any atom is -0.353 e. The first-order valence-corrected chi connectivity index (χ1v) is 9.14. The number of aromatic nitrogens is 1. The van der Waals surface area contributed by atoms with Crippen LogP contribution < -0.4 is 5.32 Å². The van der Waals surface area contributed by atoms with Gasteiger partial charge in [-0.25, -0.2) is 9.37 Å². The number of halogens is 2. The number of aliphatic imine (C=N–C) groups is 1. The van der Waals surface area contributed by atoms with Crippen LogP contribution in [0.1, 0.15) is 35.5 Å². The van der Waals surface area contributed by atoms with Crippen molar-refractivity contribution in [3.63, 3.8) is 0 Å². The number of hydrogen-bond donors (Lipinski definition) is 1. The van der Waals surface area contributed by atoms with E-state index in [-0.39, 0.29) is 41.8 Å². The number of benzene rings is 1. The van der Waals surface area contributed by atoms with Crippen molar-refractivity contribution in [2.45, 2.75) is 38.8 Å². The van der Waals surface area contributed by atoms with Crippen LogP contribution in [0.3, 0.4) is 0 Å². The molecule has 1 aliphatic carbocycles. The zero-order chi connectivity index (χ0) is 17.1. The van der Waals surface area contributed by atoms with E-state index in [0.717, 1.165) is 28.6 Å². The Balaban J connectivity index is 0.00000225. The lowest BCUT2D eigenvalue weighted by molar-refractivity contribution is 0.468. The molecule has 7 heteroatoms. The van der Waals surface area contributed by atoms with E-state index < -0.39 is 0 Å². The molecule has 1 aliphatic rings. The van der Waals surface area contributed by atoms with Crippen LogP contribution in [0.4, 0.5) is 4.39 Å². The Morgan fingerprint density at radius 1 is 1.44 bits per heavy atom. The first-order chi connectivity index (χ1) is 11.6. The van der Waals surface area contributed by atoms with Crippen LogP contribution in [0.2, 0.25) is 0 Å². The summed E-state index contributed by atoms with van der Waals surface area (Å²) >= 11 is 1.66. The lowest BCUT2D eigenvalue weighted by Gasteiger charge is -2.22. The van der Waals surface area contributed by atoms with Crippen LogP contribution in [0.15, 0.2) is 34.6 Å². The summed E-state index contributed by atoms with van der Waals surface area (Å²) in [5, 5.41) is 6.63. The summed E-state index contributed by atoms with van der Waals surface area (Å²) in [6.45, 7) is 5.45. The molecule has 136 valence electrons. The number of hydrogen-bond acceptors (Lipinski definition) is 3. The fourth-order valence-corrected chi connectivity index (χ4v) is 3.47. The average Bonchev–Trinajstić information content (AvgIpc) is 3.20. The maximum absolute atomic E-state index is 13.9. The molecule has 2 unspecified atom stereocenters. The van der Waals surface area contributed by atoms with Crippen LogP contribution in [0.25, 0.3) is 0 Å². The van der Waals surface area contributed by atoms with Gasteiger partial charge in [0.05, 0.1) is 17.2 Å². The first-order valence-electron chi connectivity index (χ1n) is 8.26. The number of rotatable bonds is 5. The van der Waals surface area contributed by atoms with Gasteiger partial charge in [-0.3, -0.25) is 4.99 Å². The highest BCUT2D eigenvalue weighted by Crippen LogP contribution is 2.41. The first kappa shape index (κ1) is 20.1. The molecule has 25 heavy (non-hydrogen) atoms. The fraction of sp³-hybridized carbons (Fsp3) is 0.444. The third kappa shape index (κ3) is 5.13. The Morgan fingerprint density at radius 2 is 2.20 bits per heavy atom. The summed E-state index contributed by atoms with van der Waals surface area (Å²) in [6.07, 6.45) is 0.938. The molecule has 0 radical (unpaired) electrons. The van der Waals surface area contributed by atoms with Crippen LogP contribution in [0, 0.1) is 12.7 Å². The van der Waals surface area contributed by atoms with Crippen molar-refractivity contribution in [1.82, 2.24) is 15.2 Å². The molecule has 1 aromatic heterocycles. The summed E-state index contributed by atoms with van der Waals surface area (Å²) in [5.74, 6) is 0.960. The van der Waals surface area contributed by atoms with E-state index in [9.17, 15) is 4.39 Å². The normalized spacial score (nSPS) is 19.3. The molecular weight excluding hydrogens is 450 g/mol. The van der Waals surface area contributed by atoms with Gasteiger partial charge in [-0.05, 0) is 31.9 Å². The van der Waals surface area contributed by atoms with Gasteiger partial charge in [0.15, 0.2) is 5.96 Å². The van der Waals surface area contributed by atoms with Gasteiger partial charge < -0.3 is 10.2 Å². The Hall–Kier alpha value is -1.22. The van der Waals surface area contributed by atoms with Gasteiger partial charge in [0.2, 0.25) is 0 Å². The molecule has 1 fully saturated rings. The fourth-order valence-electron chi connectivity index (χ4n) is 2.86. The summed E-state index contributed by atoms with van der Waals surface area (Å²) in [7, 11) is 2.01. The minimum absolute atomic E-state index is 0. The summed E-state index contributed by atoms with van der Waals surface area (Å²) in [6, 6.07) is 7.28. The smallest absolute Gasteiger partial charge is 0.194 e. The van der Waals surface area contributed by atoms with Crippen molar-refractivity contribution in [2.75, 3.05) is 13.6 Å². The van der Waals surface area contributed by atoms with Gasteiger partial charge >= 0.3 is 0 Å². The lowest BCUT2D eigenvalue weighted by atomic mass is 10.1. The molecule has 0 aliphatic heterocycles. The minimum atomic E-state index is -0.118. The van der Waals surface area contributed by atoms with E-state index in [2.05, 4.69) is 25.6 Å². The highest BCUT2D eigenvalue weighted by atomic mass is 127. The molecule has 2 aromatic rings. The average molecular weight is 474 g/mol. The molecular formula is C18H24FIN4S. The molecule has 3 rings (SSSR count). The second kappa shape index (κ2) is 8.93. The summed E-state index contributed by atoms with van der Waals surface area (Å²) in [5.41, 5.74) is 1.84. The van der Waals surface area contributed by atoms with Crippen molar-refractivity contribution in [3.8, 4) is 0 Å². The quantitative estimate of drug-likeness (QED) is 0.402. The largest absolute Gasteiger partial charge is 0.353 e. The van der Waals surface area contributed by atoms with Gasteiger partial charge in [0, 0.05) is 30.9 Å². The molecule has 0 spiro atoms. The van der Waals surface area contributed by atoms with Gasteiger partial charge in [-0.2, -0.15) is 0 Å². The topological polar surface area (TPSA) is 40.5 Å². The van der Waals surface area contributed by atoms with E-state index in [4.69, 9.17) is 0 Å². The number of aryl methyl sites for hydroxylation is 1. The van der Waals surface area contributed by atoms with Crippen LogP contribution in [-0.4, -0.2) is 35.5 Å². The van der Waals surface area contributed by atoms with E-state index in [1.165, 1.54) is 6.07 Å². The summed E-state index contributed by atoms with van der Waals surface area (Å²) < 4.78 is 13.9. The van der Waals surface area contributed by atoms with Gasteiger partial charge in [0.1, 0.15) is 5.82 Å². The van der Waals surface area contributed by atoms with E-state index in [0.29, 0.717) is 13.1 Å². The number of guanidine groups is 1. The Kier molecular flexibility index (Phi) is 7.18. The predicted octanol–water partition coefficient (Wildman–Crippen LogP) is 4.16. The highest BCUT2D eigenvalue weighted by Gasteiger charge is 2.40. The molecule has 4 nitrogen and oxygen atoms in total. The standard InChI is InChI=1S/C18H23FN4S.HI/c1-4-20-18(23(3)10-13-11-24-12(2)21-13)22-17-9-15(17)14-7-5-6-8-16(14)19;/h5-8,11,15,17H,4,9-10H2,1-3H3,(H,20,22);1H. The van der Waals surface area contributed by atoms with Gasteiger partial charge in [0.25, 0.3) is 0 Å². The molecule has 0 amide bonds. The number of thiazole rings is 1. The Bertz CT molecular complexity index is 733. The molecule has 0 bridgehead atoms. The third-order valence-electron chi connectivity index (χ3n) is 4.14. The summed E-state index contributed by atoms with van der Waals surface area (Å²) in [4.78, 5) is 11.2. The van der Waals surface area contributed by atoms with Crippen molar-refractivity contribution >= 4 is 41.3 Å². The molecule has 2 atom stereocenters. The monoisotopic (exact) mass is 474 g/mol. The molecule has 1 N–H and O–H groups in total. The number of nitrogens with zero attached hydrogens (tertiary/aromatic N) is 3. The van der Waals surface area contributed by atoms with Crippen molar-refractivity contribution in [2.24, 2.45) is 4.99 Å². The lowest BCUT2D eigenvalue weighted by Crippen LogP contribution is -2.40. The second-order valence-corrected chi connectivity index (χ2v) is 7.19. The molecule has 0 saturated heterocycles. The zero-order valence-electron chi connectivity index (χ0n) is 14.7. The van der Waals surface area contributed by atoms with Crippen molar-refractivity contribution in [3.05, 3.63) is 51.7 Å². The van der Waals surface area contributed by atoms with E-state index in [1.807, 2.05) is 33.0 Å². The maximum atomic E-state index is 13.9. The molecule has 1 aromatic carbocycles. The van der Waals surface area contributed by atoms with Crippen molar-refractivity contribution in [1.29, 1.82) is 0 Å². The van der Waals surface area contributed by atoms with E-state index >= 15 is 0 Å². The SMILES string of the molecule is CCN=C(NC1CC1c1ccccc1F)N(C)Cc1csc(C)n1.I. The van der Waals surface area contributed by atoms with Crippen molar-refractivity contribution < 1.29 is 4.39 Å². The van der Waals surface area contributed by atoms with Crippen LogP contribution >= 0.6 is 35.3 Å².